The zero-order valence-electron chi connectivity index (χ0n) is 10.8. The minimum absolute atomic E-state index is 0.00695. The molecule has 1 aliphatic heterocycles. The van der Waals surface area contributed by atoms with Gasteiger partial charge in [-0.25, -0.2) is 12.8 Å². The Morgan fingerprint density at radius 1 is 1.14 bits per heavy atom. The Hall–Kier alpha value is -2.34. The van der Waals surface area contributed by atoms with E-state index in [4.69, 9.17) is 4.74 Å². The summed E-state index contributed by atoms with van der Waals surface area (Å²) < 4.78 is 42.9. The first-order chi connectivity index (χ1) is 9.96. The van der Waals surface area contributed by atoms with Crippen LogP contribution >= 0.6 is 0 Å². The highest BCUT2D eigenvalue weighted by Gasteiger charge is 2.30. The molecule has 1 N–H and O–H groups in total. The van der Waals surface area contributed by atoms with Crippen molar-refractivity contribution < 1.29 is 22.7 Å². The largest absolute Gasteiger partial charge is 0.508 e. The highest BCUT2D eigenvalue weighted by atomic mass is 32.2. The van der Waals surface area contributed by atoms with E-state index in [0.29, 0.717) is 5.56 Å². The maximum Gasteiger partial charge on any atom is 0.206 e. The summed E-state index contributed by atoms with van der Waals surface area (Å²) >= 11 is 0. The Morgan fingerprint density at radius 3 is 2.71 bits per heavy atom. The number of hydrogen-bond acceptors (Lipinski definition) is 4. The Labute approximate surface area is 121 Å². The van der Waals surface area contributed by atoms with E-state index in [9.17, 15) is 17.9 Å². The summed E-state index contributed by atoms with van der Waals surface area (Å²) in [7, 11) is -3.61. The third-order valence-corrected chi connectivity index (χ3v) is 5.00. The van der Waals surface area contributed by atoms with Crippen LogP contribution in [-0.2, 0) is 9.84 Å². The van der Waals surface area contributed by atoms with Crippen molar-refractivity contribution in [3.05, 3.63) is 58.8 Å². The van der Waals surface area contributed by atoms with Gasteiger partial charge in [-0.05, 0) is 42.0 Å². The number of phenols is 1. The van der Waals surface area contributed by atoms with Gasteiger partial charge < -0.3 is 9.84 Å². The Balaban J connectivity index is 1.86. The molecule has 0 unspecified atom stereocenters. The molecule has 0 saturated carbocycles. The van der Waals surface area contributed by atoms with Crippen molar-refractivity contribution in [3.8, 4) is 11.5 Å². The summed E-state index contributed by atoms with van der Waals surface area (Å²) in [5.41, 5.74) is 0.424. The van der Waals surface area contributed by atoms with Crippen LogP contribution in [0.3, 0.4) is 0 Å². The smallest absolute Gasteiger partial charge is 0.206 e. The number of aromatic hydroxyl groups is 1. The lowest BCUT2D eigenvalue weighted by molar-refractivity contribution is 0.357. The molecular formula is C15H11FO4S. The van der Waals surface area contributed by atoms with Crippen LogP contribution in [0.2, 0.25) is 0 Å². The van der Waals surface area contributed by atoms with Crippen LogP contribution in [0.25, 0.3) is 6.08 Å². The van der Waals surface area contributed by atoms with Crippen LogP contribution in [0.5, 0.6) is 11.5 Å². The van der Waals surface area contributed by atoms with Gasteiger partial charge in [0.25, 0.3) is 0 Å². The Morgan fingerprint density at radius 2 is 1.95 bits per heavy atom. The number of phenolic OH excluding ortho intramolecular Hbond substituents is 1. The van der Waals surface area contributed by atoms with Gasteiger partial charge in [0, 0.05) is 6.07 Å². The van der Waals surface area contributed by atoms with E-state index in [1.807, 2.05) is 0 Å². The average Bonchev–Trinajstić information content (AvgIpc) is 2.67. The predicted octanol–water partition coefficient (Wildman–Crippen LogP) is 2.74. The Bertz CT molecular complexity index is 841. The van der Waals surface area contributed by atoms with Gasteiger partial charge in [-0.15, -0.1) is 0 Å². The summed E-state index contributed by atoms with van der Waals surface area (Å²) in [6.07, 6.45) is 1.45. The van der Waals surface area contributed by atoms with E-state index in [-0.39, 0.29) is 27.9 Å². The highest BCUT2D eigenvalue weighted by Crippen LogP contribution is 2.34. The lowest BCUT2D eigenvalue weighted by Crippen LogP contribution is -2.09. The van der Waals surface area contributed by atoms with E-state index in [1.54, 1.807) is 6.07 Å². The number of sulfone groups is 1. The summed E-state index contributed by atoms with van der Waals surface area (Å²) in [4.78, 5) is 0.213. The first-order valence-electron chi connectivity index (χ1n) is 6.14. The van der Waals surface area contributed by atoms with Gasteiger partial charge >= 0.3 is 0 Å². The molecule has 0 aliphatic carbocycles. The van der Waals surface area contributed by atoms with Gasteiger partial charge in [-0.3, -0.25) is 0 Å². The quantitative estimate of drug-likeness (QED) is 0.947. The van der Waals surface area contributed by atoms with Gasteiger partial charge in [0.15, 0.2) is 0 Å². The molecule has 2 aromatic carbocycles. The van der Waals surface area contributed by atoms with Crippen LogP contribution < -0.4 is 4.74 Å². The number of halogens is 1. The van der Waals surface area contributed by atoms with Crippen molar-refractivity contribution in [1.29, 1.82) is 0 Å². The molecule has 0 fully saturated rings. The van der Waals surface area contributed by atoms with Crippen LogP contribution in [0.15, 0.2) is 52.3 Å². The van der Waals surface area contributed by atoms with Gasteiger partial charge in [-0.1, -0.05) is 6.07 Å². The number of benzene rings is 2. The maximum atomic E-state index is 13.0. The fourth-order valence-corrected chi connectivity index (χ4v) is 3.57. The molecule has 1 heterocycles. The minimum atomic E-state index is -3.61. The maximum absolute atomic E-state index is 13.0. The molecule has 0 bridgehead atoms. The van der Waals surface area contributed by atoms with E-state index in [0.717, 1.165) is 0 Å². The average molecular weight is 306 g/mol. The second-order valence-corrected chi connectivity index (χ2v) is 6.55. The minimum Gasteiger partial charge on any atom is -0.508 e. The monoisotopic (exact) mass is 306 g/mol. The lowest BCUT2D eigenvalue weighted by atomic mass is 10.2. The Kier molecular flexibility index (Phi) is 3.17. The molecule has 4 nitrogen and oxygen atoms in total. The number of ether oxygens (including phenoxy) is 1. The molecular weight excluding hydrogens is 295 g/mol. The standard InChI is InChI=1S/C15H11FO4S/c16-11-2-1-3-13(8-11)20-9-14-7-10-6-12(17)4-5-15(10)21(14,18)19/h1-8,17H,9H2. The zero-order chi connectivity index (χ0) is 15.0. The van der Waals surface area contributed by atoms with Gasteiger partial charge in [0.1, 0.15) is 23.9 Å². The van der Waals surface area contributed by atoms with Crippen molar-refractivity contribution >= 4 is 15.9 Å². The number of hydrogen-bond donors (Lipinski definition) is 1. The molecule has 0 radical (unpaired) electrons. The zero-order valence-corrected chi connectivity index (χ0v) is 11.6. The third-order valence-electron chi connectivity index (χ3n) is 3.12. The highest BCUT2D eigenvalue weighted by molar-refractivity contribution is 7.95. The van der Waals surface area contributed by atoms with Gasteiger partial charge in [0.2, 0.25) is 9.84 Å². The number of fused-ring (bicyclic) bond motifs is 1. The van der Waals surface area contributed by atoms with Crippen LogP contribution in [0, 0.1) is 5.82 Å². The predicted molar refractivity (Wildman–Crippen MR) is 75.2 cm³/mol. The van der Waals surface area contributed by atoms with Crippen molar-refractivity contribution in [2.45, 2.75) is 4.90 Å². The first-order valence-corrected chi connectivity index (χ1v) is 7.62. The van der Waals surface area contributed by atoms with Gasteiger partial charge in [-0.2, -0.15) is 0 Å². The van der Waals surface area contributed by atoms with Crippen molar-refractivity contribution in [2.75, 3.05) is 6.61 Å². The lowest BCUT2D eigenvalue weighted by Gasteiger charge is -2.07. The molecule has 108 valence electrons. The number of rotatable bonds is 3. The van der Waals surface area contributed by atoms with Crippen molar-refractivity contribution in [2.24, 2.45) is 0 Å². The molecule has 21 heavy (non-hydrogen) atoms. The molecule has 0 atom stereocenters. The molecule has 2 aromatic rings. The summed E-state index contributed by atoms with van der Waals surface area (Å²) in [5, 5.41) is 9.39. The van der Waals surface area contributed by atoms with E-state index in [2.05, 4.69) is 0 Å². The van der Waals surface area contributed by atoms with Crippen molar-refractivity contribution in [1.82, 2.24) is 0 Å². The molecule has 3 rings (SSSR count). The molecule has 0 saturated heterocycles. The second kappa shape index (κ2) is 4.89. The fourth-order valence-electron chi connectivity index (χ4n) is 2.12. The van der Waals surface area contributed by atoms with E-state index >= 15 is 0 Å². The molecule has 0 amide bonds. The van der Waals surface area contributed by atoms with E-state index < -0.39 is 15.7 Å². The van der Waals surface area contributed by atoms with E-state index in [1.165, 1.54) is 42.5 Å². The summed E-state index contributed by atoms with van der Waals surface area (Å²) in [6, 6.07) is 9.53. The molecule has 6 heteroatoms. The topological polar surface area (TPSA) is 63.6 Å². The van der Waals surface area contributed by atoms with Crippen LogP contribution in [0.1, 0.15) is 5.56 Å². The fraction of sp³-hybridized carbons (Fsp3) is 0.0667. The first kappa shape index (κ1) is 13.6. The molecule has 1 aliphatic rings. The van der Waals surface area contributed by atoms with Gasteiger partial charge in [0.05, 0.1) is 9.80 Å². The molecule has 0 spiro atoms. The summed E-state index contributed by atoms with van der Waals surface area (Å²) in [6.45, 7) is -0.193. The summed E-state index contributed by atoms with van der Waals surface area (Å²) in [5.74, 6) is -0.207. The molecule has 0 aromatic heterocycles. The van der Waals surface area contributed by atoms with Crippen LogP contribution in [0.4, 0.5) is 4.39 Å². The normalized spacial score (nSPS) is 15.4. The third kappa shape index (κ3) is 2.50. The second-order valence-electron chi connectivity index (χ2n) is 4.58. The SMILES string of the molecule is O=S1(=O)C(COc2cccc(F)c2)=Cc2cc(O)ccc21. The van der Waals surface area contributed by atoms with Crippen molar-refractivity contribution in [3.63, 3.8) is 0 Å². The van der Waals surface area contributed by atoms with Crippen LogP contribution in [-0.4, -0.2) is 20.1 Å².